The zero-order valence-corrected chi connectivity index (χ0v) is 12.9. The summed E-state index contributed by atoms with van der Waals surface area (Å²) in [5.41, 5.74) is 1.11. The van der Waals surface area contributed by atoms with Crippen LogP contribution in [0.4, 0.5) is 0 Å². The van der Waals surface area contributed by atoms with Crippen LogP contribution < -0.4 is 10.1 Å². The molecule has 0 heterocycles. The molecule has 0 aliphatic carbocycles. The Bertz CT molecular complexity index is 371. The van der Waals surface area contributed by atoms with Crippen LogP contribution >= 0.6 is 27.5 Å². The summed E-state index contributed by atoms with van der Waals surface area (Å²) in [6.07, 6.45) is 2.11. The van der Waals surface area contributed by atoms with Crippen molar-refractivity contribution in [2.45, 2.75) is 32.7 Å². The molecule has 2 nitrogen and oxygen atoms in total. The normalized spacial score (nSPS) is 12.5. The average molecular weight is 321 g/mol. The van der Waals surface area contributed by atoms with Crippen LogP contribution in [0.3, 0.4) is 0 Å². The molecule has 1 aromatic rings. The number of nitrogens with one attached hydrogen (secondary N) is 1. The van der Waals surface area contributed by atoms with Gasteiger partial charge in [0.25, 0.3) is 0 Å². The van der Waals surface area contributed by atoms with Gasteiger partial charge in [-0.25, -0.2) is 0 Å². The highest BCUT2D eigenvalue weighted by Crippen LogP contribution is 2.36. The minimum absolute atomic E-state index is 0.278. The van der Waals surface area contributed by atoms with Crippen LogP contribution in [0, 0.1) is 0 Å². The molecular formula is C13H19BrClNO. The van der Waals surface area contributed by atoms with Crippen LogP contribution in [0.2, 0.25) is 5.02 Å². The van der Waals surface area contributed by atoms with Gasteiger partial charge in [0, 0.05) is 16.6 Å². The quantitative estimate of drug-likeness (QED) is 0.829. The summed E-state index contributed by atoms with van der Waals surface area (Å²) < 4.78 is 6.35. The van der Waals surface area contributed by atoms with E-state index in [1.54, 1.807) is 7.11 Å². The van der Waals surface area contributed by atoms with Gasteiger partial charge in [-0.1, -0.05) is 25.4 Å². The molecule has 0 aliphatic heterocycles. The van der Waals surface area contributed by atoms with Crippen molar-refractivity contribution in [3.63, 3.8) is 0 Å². The lowest BCUT2D eigenvalue weighted by Gasteiger charge is -2.21. The van der Waals surface area contributed by atoms with Crippen molar-refractivity contribution in [3.8, 4) is 5.75 Å². The molecule has 1 aromatic carbocycles. The molecule has 0 saturated carbocycles. The summed E-state index contributed by atoms with van der Waals surface area (Å²) in [7, 11) is 1.68. The summed E-state index contributed by atoms with van der Waals surface area (Å²) >= 11 is 9.59. The zero-order chi connectivity index (χ0) is 12.8. The molecule has 96 valence electrons. The highest BCUT2D eigenvalue weighted by atomic mass is 79.9. The van der Waals surface area contributed by atoms with Gasteiger partial charge in [0.15, 0.2) is 0 Å². The van der Waals surface area contributed by atoms with Gasteiger partial charge < -0.3 is 10.1 Å². The first-order valence-corrected chi connectivity index (χ1v) is 7.07. The smallest absolute Gasteiger partial charge is 0.137 e. The maximum atomic E-state index is 6.10. The molecule has 0 saturated heterocycles. The van der Waals surface area contributed by atoms with E-state index in [0.717, 1.165) is 40.2 Å². The third kappa shape index (κ3) is 3.87. The van der Waals surface area contributed by atoms with Crippen molar-refractivity contribution in [3.05, 3.63) is 27.2 Å². The summed E-state index contributed by atoms with van der Waals surface area (Å²) in [6, 6.07) is 4.11. The minimum Gasteiger partial charge on any atom is -0.495 e. The Morgan fingerprint density at radius 3 is 2.65 bits per heavy atom. The van der Waals surface area contributed by atoms with Gasteiger partial charge in [-0.2, -0.15) is 0 Å². The van der Waals surface area contributed by atoms with E-state index in [4.69, 9.17) is 16.3 Å². The maximum absolute atomic E-state index is 6.10. The van der Waals surface area contributed by atoms with Gasteiger partial charge in [-0.3, -0.25) is 0 Å². The molecule has 0 fully saturated rings. The SMILES string of the molecule is CCCNC(CC)c1cc(Cl)cc(Br)c1OC. The lowest BCUT2D eigenvalue weighted by atomic mass is 10.0. The number of benzene rings is 1. The van der Waals surface area contributed by atoms with Crippen LogP contribution in [0.5, 0.6) is 5.75 Å². The highest BCUT2D eigenvalue weighted by Gasteiger charge is 2.17. The molecule has 17 heavy (non-hydrogen) atoms. The van der Waals surface area contributed by atoms with Crippen molar-refractivity contribution in [1.29, 1.82) is 0 Å². The zero-order valence-electron chi connectivity index (χ0n) is 10.5. The maximum Gasteiger partial charge on any atom is 0.137 e. The van der Waals surface area contributed by atoms with Crippen molar-refractivity contribution in [1.82, 2.24) is 5.32 Å². The van der Waals surface area contributed by atoms with Crippen molar-refractivity contribution in [2.75, 3.05) is 13.7 Å². The van der Waals surface area contributed by atoms with Crippen LogP contribution in [-0.4, -0.2) is 13.7 Å². The van der Waals surface area contributed by atoms with E-state index in [-0.39, 0.29) is 6.04 Å². The average Bonchev–Trinajstić information content (AvgIpc) is 2.29. The number of methoxy groups -OCH3 is 1. The molecule has 0 aromatic heterocycles. The molecule has 0 bridgehead atoms. The third-order valence-corrected chi connectivity index (χ3v) is 3.47. The molecule has 1 N–H and O–H groups in total. The van der Waals surface area contributed by atoms with Crippen LogP contribution in [0.15, 0.2) is 16.6 Å². The molecule has 1 unspecified atom stereocenters. The molecular weight excluding hydrogens is 302 g/mol. The molecule has 1 rings (SSSR count). The second-order valence-corrected chi connectivity index (χ2v) is 5.22. The molecule has 1 atom stereocenters. The Morgan fingerprint density at radius 1 is 1.41 bits per heavy atom. The largest absolute Gasteiger partial charge is 0.495 e. The number of hydrogen-bond donors (Lipinski definition) is 1. The van der Waals surface area contributed by atoms with Crippen molar-refractivity contribution < 1.29 is 4.74 Å². The lowest BCUT2D eigenvalue weighted by Crippen LogP contribution is -2.22. The summed E-state index contributed by atoms with van der Waals surface area (Å²) in [4.78, 5) is 0. The first-order chi connectivity index (χ1) is 8.13. The van der Waals surface area contributed by atoms with E-state index in [0.29, 0.717) is 0 Å². The van der Waals surface area contributed by atoms with E-state index in [9.17, 15) is 0 Å². The number of ether oxygens (including phenoxy) is 1. The lowest BCUT2D eigenvalue weighted by molar-refractivity contribution is 0.394. The van der Waals surface area contributed by atoms with Gasteiger partial charge in [-0.05, 0) is 47.4 Å². The standard InChI is InChI=1S/C13H19BrClNO/c1-4-6-16-12(5-2)10-7-9(15)8-11(14)13(10)17-3/h7-8,12,16H,4-6H2,1-3H3. The van der Waals surface area contributed by atoms with E-state index >= 15 is 0 Å². The third-order valence-electron chi connectivity index (χ3n) is 2.67. The first kappa shape index (κ1) is 14.8. The van der Waals surface area contributed by atoms with Gasteiger partial charge in [0.2, 0.25) is 0 Å². The summed E-state index contributed by atoms with van der Waals surface area (Å²) in [5.74, 6) is 0.866. The highest BCUT2D eigenvalue weighted by molar-refractivity contribution is 9.10. The van der Waals surface area contributed by atoms with E-state index in [1.165, 1.54) is 0 Å². The van der Waals surface area contributed by atoms with E-state index in [2.05, 4.69) is 35.1 Å². The predicted molar refractivity (Wildman–Crippen MR) is 77.0 cm³/mol. The molecule has 4 heteroatoms. The van der Waals surface area contributed by atoms with Crippen LogP contribution in [0.25, 0.3) is 0 Å². The van der Waals surface area contributed by atoms with Crippen LogP contribution in [0.1, 0.15) is 38.3 Å². The summed E-state index contributed by atoms with van der Waals surface area (Å²) in [6.45, 7) is 5.30. The van der Waals surface area contributed by atoms with Crippen molar-refractivity contribution >= 4 is 27.5 Å². The monoisotopic (exact) mass is 319 g/mol. The minimum atomic E-state index is 0.278. The first-order valence-electron chi connectivity index (χ1n) is 5.90. The van der Waals surface area contributed by atoms with Crippen LogP contribution in [-0.2, 0) is 0 Å². The molecule has 0 spiro atoms. The Labute approximate surface area is 117 Å². The second kappa shape index (κ2) is 7.24. The second-order valence-electron chi connectivity index (χ2n) is 3.93. The van der Waals surface area contributed by atoms with E-state index < -0.39 is 0 Å². The Kier molecular flexibility index (Phi) is 6.31. The fraction of sp³-hybridized carbons (Fsp3) is 0.538. The predicted octanol–water partition coefficient (Wildman–Crippen LogP) is 4.56. The molecule has 0 amide bonds. The fourth-order valence-electron chi connectivity index (χ4n) is 1.85. The molecule has 0 aliphatic rings. The molecule has 0 radical (unpaired) electrons. The number of rotatable bonds is 6. The Balaban J connectivity index is 3.07. The number of halogens is 2. The summed E-state index contributed by atoms with van der Waals surface area (Å²) in [5, 5.41) is 4.23. The van der Waals surface area contributed by atoms with Gasteiger partial charge >= 0.3 is 0 Å². The van der Waals surface area contributed by atoms with E-state index in [1.807, 2.05) is 12.1 Å². The Hall–Kier alpha value is -0.250. The van der Waals surface area contributed by atoms with Crippen molar-refractivity contribution in [2.24, 2.45) is 0 Å². The Morgan fingerprint density at radius 2 is 2.12 bits per heavy atom. The van der Waals surface area contributed by atoms with Gasteiger partial charge in [-0.15, -0.1) is 0 Å². The fourth-order valence-corrected chi connectivity index (χ4v) is 2.84. The van der Waals surface area contributed by atoms with Gasteiger partial charge in [0.1, 0.15) is 5.75 Å². The number of hydrogen-bond acceptors (Lipinski definition) is 2. The van der Waals surface area contributed by atoms with Gasteiger partial charge in [0.05, 0.1) is 11.6 Å². The topological polar surface area (TPSA) is 21.3 Å².